The van der Waals surface area contributed by atoms with Gasteiger partial charge in [-0.25, -0.2) is 0 Å². The summed E-state index contributed by atoms with van der Waals surface area (Å²) >= 11 is 5.07. The molecule has 0 radical (unpaired) electrons. The van der Waals surface area contributed by atoms with Crippen molar-refractivity contribution in [2.45, 2.75) is 0 Å². The lowest BCUT2D eigenvalue weighted by atomic mass is 10.2. The van der Waals surface area contributed by atoms with Crippen molar-refractivity contribution in [3.05, 3.63) is 47.0 Å². The highest BCUT2D eigenvalue weighted by atomic mass is 32.1. The SMILES string of the molecule is NC(=O)c1cccc(-n2cc[nH]c2=S)c1. The second-order valence-electron chi connectivity index (χ2n) is 3.05. The van der Waals surface area contributed by atoms with Crippen LogP contribution in [-0.2, 0) is 0 Å². The number of H-pyrrole nitrogens is 1. The molecule has 0 saturated carbocycles. The van der Waals surface area contributed by atoms with Gasteiger partial charge in [-0.05, 0) is 30.4 Å². The van der Waals surface area contributed by atoms with E-state index in [9.17, 15) is 4.79 Å². The summed E-state index contributed by atoms with van der Waals surface area (Å²) in [6.07, 6.45) is 3.53. The van der Waals surface area contributed by atoms with Crippen LogP contribution < -0.4 is 5.73 Å². The van der Waals surface area contributed by atoms with Gasteiger partial charge in [0.2, 0.25) is 5.91 Å². The number of carbonyl (C=O) groups excluding carboxylic acids is 1. The minimum Gasteiger partial charge on any atom is -0.366 e. The number of nitrogens with one attached hydrogen (secondary N) is 1. The van der Waals surface area contributed by atoms with Crippen LogP contribution in [0.5, 0.6) is 0 Å². The van der Waals surface area contributed by atoms with Crippen LogP contribution >= 0.6 is 12.2 Å². The van der Waals surface area contributed by atoms with E-state index in [1.807, 2.05) is 6.07 Å². The Hall–Kier alpha value is -1.88. The van der Waals surface area contributed by atoms with E-state index in [1.165, 1.54) is 0 Å². The molecule has 0 spiro atoms. The second-order valence-corrected chi connectivity index (χ2v) is 3.44. The standard InChI is InChI=1S/C10H9N3OS/c11-9(14)7-2-1-3-8(6-7)13-5-4-12-10(13)15/h1-6H,(H2,11,14)(H,12,15). The lowest BCUT2D eigenvalue weighted by Crippen LogP contribution is -2.11. The van der Waals surface area contributed by atoms with Gasteiger partial charge in [0.05, 0.1) is 0 Å². The number of rotatable bonds is 2. The van der Waals surface area contributed by atoms with Crippen LogP contribution in [0.4, 0.5) is 0 Å². The fourth-order valence-corrected chi connectivity index (χ4v) is 1.57. The number of amides is 1. The van der Waals surface area contributed by atoms with Crippen LogP contribution in [0.1, 0.15) is 10.4 Å². The number of aromatic nitrogens is 2. The molecule has 76 valence electrons. The zero-order chi connectivity index (χ0) is 10.8. The Morgan fingerprint density at radius 3 is 2.87 bits per heavy atom. The summed E-state index contributed by atoms with van der Waals surface area (Å²) < 4.78 is 2.35. The van der Waals surface area contributed by atoms with Gasteiger partial charge in [-0.1, -0.05) is 6.07 Å². The molecule has 2 rings (SSSR count). The van der Waals surface area contributed by atoms with Gasteiger partial charge < -0.3 is 10.7 Å². The molecule has 0 unspecified atom stereocenters. The van der Waals surface area contributed by atoms with Crippen LogP contribution in [-0.4, -0.2) is 15.5 Å². The number of hydrogen-bond acceptors (Lipinski definition) is 2. The monoisotopic (exact) mass is 219 g/mol. The molecule has 0 aliphatic carbocycles. The van der Waals surface area contributed by atoms with Gasteiger partial charge in [-0.15, -0.1) is 0 Å². The van der Waals surface area contributed by atoms with Crippen LogP contribution in [0.15, 0.2) is 36.7 Å². The lowest BCUT2D eigenvalue weighted by molar-refractivity contribution is 0.100. The molecule has 0 aliphatic heterocycles. The minimum absolute atomic E-state index is 0.445. The molecule has 0 aliphatic rings. The van der Waals surface area contributed by atoms with E-state index in [2.05, 4.69) is 4.98 Å². The topological polar surface area (TPSA) is 63.8 Å². The molecular formula is C10H9N3OS. The van der Waals surface area contributed by atoms with E-state index in [0.29, 0.717) is 10.3 Å². The fourth-order valence-electron chi connectivity index (χ4n) is 1.33. The molecule has 0 fully saturated rings. The summed E-state index contributed by atoms with van der Waals surface area (Å²) in [7, 11) is 0. The van der Waals surface area contributed by atoms with Gasteiger partial charge in [0.15, 0.2) is 4.77 Å². The van der Waals surface area contributed by atoms with Crippen molar-refractivity contribution in [3.63, 3.8) is 0 Å². The summed E-state index contributed by atoms with van der Waals surface area (Å²) in [5.41, 5.74) is 6.48. The van der Waals surface area contributed by atoms with Crippen molar-refractivity contribution >= 4 is 18.1 Å². The summed E-state index contributed by atoms with van der Waals surface area (Å²) in [5.74, 6) is -0.445. The molecule has 4 nitrogen and oxygen atoms in total. The fraction of sp³-hybridized carbons (Fsp3) is 0. The van der Waals surface area contributed by atoms with E-state index >= 15 is 0 Å². The van der Waals surface area contributed by atoms with E-state index < -0.39 is 5.91 Å². The summed E-state index contributed by atoms with van der Waals surface area (Å²) in [4.78, 5) is 13.9. The van der Waals surface area contributed by atoms with E-state index in [-0.39, 0.29) is 0 Å². The average Bonchev–Trinajstić information content (AvgIpc) is 2.64. The van der Waals surface area contributed by atoms with Crippen LogP contribution in [0.3, 0.4) is 0 Å². The van der Waals surface area contributed by atoms with Crippen LogP contribution in [0.2, 0.25) is 0 Å². The summed E-state index contributed by atoms with van der Waals surface area (Å²) in [6, 6.07) is 6.99. The van der Waals surface area contributed by atoms with Crippen LogP contribution in [0.25, 0.3) is 5.69 Å². The van der Waals surface area contributed by atoms with Gasteiger partial charge in [-0.2, -0.15) is 0 Å². The summed E-state index contributed by atoms with van der Waals surface area (Å²) in [6.45, 7) is 0. The Balaban J connectivity index is 2.55. The van der Waals surface area contributed by atoms with E-state index in [0.717, 1.165) is 5.69 Å². The number of imidazole rings is 1. The van der Waals surface area contributed by atoms with Crippen molar-refractivity contribution in [1.82, 2.24) is 9.55 Å². The number of hydrogen-bond donors (Lipinski definition) is 2. The minimum atomic E-state index is -0.445. The molecule has 0 saturated heterocycles. The van der Waals surface area contributed by atoms with Gasteiger partial charge in [-0.3, -0.25) is 9.36 Å². The first kappa shape index (κ1) is 9.67. The Morgan fingerprint density at radius 2 is 2.27 bits per heavy atom. The molecule has 1 aromatic heterocycles. The third-order valence-corrected chi connectivity index (χ3v) is 2.37. The predicted octanol–water partition coefficient (Wildman–Crippen LogP) is 1.63. The molecule has 5 heteroatoms. The van der Waals surface area contributed by atoms with E-state index in [1.54, 1.807) is 35.2 Å². The second kappa shape index (κ2) is 3.70. The number of aromatic amines is 1. The Bertz CT molecular complexity index is 556. The number of nitrogens with two attached hydrogens (primary N) is 1. The van der Waals surface area contributed by atoms with Crippen molar-refractivity contribution in [2.24, 2.45) is 5.73 Å². The number of benzene rings is 1. The van der Waals surface area contributed by atoms with Crippen molar-refractivity contribution < 1.29 is 4.79 Å². The number of nitrogens with zero attached hydrogens (tertiary/aromatic N) is 1. The normalized spacial score (nSPS) is 10.1. The zero-order valence-electron chi connectivity index (χ0n) is 7.81. The zero-order valence-corrected chi connectivity index (χ0v) is 8.62. The molecule has 3 N–H and O–H groups in total. The number of carbonyl (C=O) groups is 1. The summed E-state index contributed by atoms with van der Waals surface area (Å²) in [5, 5.41) is 0. The maximum Gasteiger partial charge on any atom is 0.248 e. The highest BCUT2D eigenvalue weighted by Crippen LogP contribution is 2.10. The lowest BCUT2D eigenvalue weighted by Gasteiger charge is -2.03. The largest absolute Gasteiger partial charge is 0.366 e. The molecular weight excluding hydrogens is 210 g/mol. The Morgan fingerprint density at radius 1 is 1.47 bits per heavy atom. The first-order chi connectivity index (χ1) is 7.18. The van der Waals surface area contributed by atoms with Crippen molar-refractivity contribution in [2.75, 3.05) is 0 Å². The molecule has 0 atom stereocenters. The Kier molecular flexibility index (Phi) is 2.39. The van der Waals surface area contributed by atoms with Gasteiger partial charge >= 0.3 is 0 Å². The van der Waals surface area contributed by atoms with E-state index in [4.69, 9.17) is 18.0 Å². The van der Waals surface area contributed by atoms with Gasteiger partial charge in [0.1, 0.15) is 0 Å². The molecule has 0 bridgehead atoms. The predicted molar refractivity (Wildman–Crippen MR) is 59.5 cm³/mol. The van der Waals surface area contributed by atoms with Gasteiger partial charge in [0, 0.05) is 23.6 Å². The number of primary amides is 1. The molecule has 15 heavy (non-hydrogen) atoms. The third kappa shape index (κ3) is 1.82. The van der Waals surface area contributed by atoms with Crippen LogP contribution in [0, 0.1) is 4.77 Å². The maximum absolute atomic E-state index is 11.0. The molecule has 2 aromatic rings. The molecule has 1 aromatic carbocycles. The van der Waals surface area contributed by atoms with Gasteiger partial charge in [0.25, 0.3) is 0 Å². The van der Waals surface area contributed by atoms with Crippen molar-refractivity contribution in [3.8, 4) is 5.69 Å². The quantitative estimate of drug-likeness (QED) is 0.754. The Labute approximate surface area is 91.4 Å². The maximum atomic E-state index is 11.0. The third-order valence-electron chi connectivity index (χ3n) is 2.06. The highest BCUT2D eigenvalue weighted by molar-refractivity contribution is 7.71. The average molecular weight is 219 g/mol. The smallest absolute Gasteiger partial charge is 0.248 e. The first-order valence-corrected chi connectivity index (χ1v) is 4.75. The highest BCUT2D eigenvalue weighted by Gasteiger charge is 2.02. The first-order valence-electron chi connectivity index (χ1n) is 4.35. The molecule has 1 amide bonds. The van der Waals surface area contributed by atoms with Crippen molar-refractivity contribution in [1.29, 1.82) is 0 Å². The molecule has 1 heterocycles.